The van der Waals surface area contributed by atoms with E-state index in [0.29, 0.717) is 13.2 Å². The molecule has 0 amide bonds. The molecule has 2 aromatic carbocycles. The molecule has 104 valence electrons. The molecule has 0 aliphatic carbocycles. The highest BCUT2D eigenvalue weighted by molar-refractivity contribution is 5.44. The van der Waals surface area contributed by atoms with E-state index in [4.69, 9.17) is 9.47 Å². The van der Waals surface area contributed by atoms with Crippen molar-refractivity contribution in [1.82, 2.24) is 0 Å². The van der Waals surface area contributed by atoms with Gasteiger partial charge in [0, 0.05) is 0 Å². The Hall–Kier alpha value is -2.36. The normalized spacial score (nSPS) is 10.7. The summed E-state index contributed by atoms with van der Waals surface area (Å²) in [6.45, 7) is 5.24. The molecule has 20 heavy (non-hydrogen) atoms. The van der Waals surface area contributed by atoms with E-state index in [9.17, 15) is 0 Å². The predicted octanol–water partition coefficient (Wildman–Crippen LogP) is 4.90. The van der Waals surface area contributed by atoms with Gasteiger partial charge in [0.2, 0.25) is 0 Å². The molecule has 0 saturated carbocycles. The fourth-order valence-corrected chi connectivity index (χ4v) is 1.67. The van der Waals surface area contributed by atoms with Crippen molar-refractivity contribution in [3.63, 3.8) is 0 Å². The van der Waals surface area contributed by atoms with Crippen molar-refractivity contribution >= 4 is 11.4 Å². The summed E-state index contributed by atoms with van der Waals surface area (Å²) in [6.07, 6.45) is 0. The monoisotopic (exact) mass is 270 g/mol. The lowest BCUT2D eigenvalue weighted by Crippen LogP contribution is -1.89. The van der Waals surface area contributed by atoms with E-state index in [-0.39, 0.29) is 0 Å². The summed E-state index contributed by atoms with van der Waals surface area (Å²) >= 11 is 0. The minimum absolute atomic E-state index is 0.660. The minimum Gasteiger partial charge on any atom is -0.494 e. The van der Waals surface area contributed by atoms with Crippen LogP contribution in [0.3, 0.4) is 0 Å². The molecule has 0 bridgehead atoms. The van der Waals surface area contributed by atoms with Gasteiger partial charge >= 0.3 is 0 Å². The molecule has 0 spiro atoms. The van der Waals surface area contributed by atoms with Crippen LogP contribution >= 0.6 is 0 Å². The first-order valence-corrected chi connectivity index (χ1v) is 6.69. The van der Waals surface area contributed by atoms with E-state index in [1.807, 2.05) is 62.4 Å². The first-order chi connectivity index (χ1) is 9.81. The van der Waals surface area contributed by atoms with Crippen molar-refractivity contribution in [2.75, 3.05) is 13.2 Å². The Kier molecular flexibility index (Phi) is 5.12. The maximum Gasteiger partial charge on any atom is 0.119 e. The summed E-state index contributed by atoms with van der Waals surface area (Å²) in [4.78, 5) is 0. The molecule has 0 N–H and O–H groups in total. The fourth-order valence-electron chi connectivity index (χ4n) is 1.67. The van der Waals surface area contributed by atoms with Crippen molar-refractivity contribution in [2.24, 2.45) is 10.2 Å². The zero-order valence-corrected chi connectivity index (χ0v) is 11.7. The summed E-state index contributed by atoms with van der Waals surface area (Å²) < 4.78 is 10.7. The number of rotatable bonds is 6. The summed E-state index contributed by atoms with van der Waals surface area (Å²) in [5, 5.41) is 8.36. The Morgan fingerprint density at radius 1 is 0.650 bits per heavy atom. The number of hydrogen-bond donors (Lipinski definition) is 0. The number of azo groups is 1. The Morgan fingerprint density at radius 3 is 1.30 bits per heavy atom. The quantitative estimate of drug-likeness (QED) is 0.701. The second-order valence-electron chi connectivity index (χ2n) is 4.05. The van der Waals surface area contributed by atoms with Crippen molar-refractivity contribution in [3.05, 3.63) is 48.5 Å². The highest BCUT2D eigenvalue weighted by atomic mass is 16.5. The Balaban J connectivity index is 2.01. The van der Waals surface area contributed by atoms with Crippen molar-refractivity contribution < 1.29 is 9.47 Å². The molecule has 4 nitrogen and oxygen atoms in total. The van der Waals surface area contributed by atoms with Gasteiger partial charge in [-0.1, -0.05) is 0 Å². The lowest BCUT2D eigenvalue weighted by Gasteiger charge is -2.02. The average molecular weight is 270 g/mol. The molecule has 0 fully saturated rings. The van der Waals surface area contributed by atoms with Gasteiger partial charge in [-0.15, -0.1) is 0 Å². The molecule has 0 radical (unpaired) electrons. The van der Waals surface area contributed by atoms with Gasteiger partial charge in [-0.05, 0) is 62.4 Å². The Labute approximate surface area is 119 Å². The topological polar surface area (TPSA) is 43.2 Å². The summed E-state index contributed by atoms with van der Waals surface area (Å²) in [6, 6.07) is 15.1. The average Bonchev–Trinajstić information content (AvgIpc) is 2.49. The van der Waals surface area contributed by atoms with Crippen molar-refractivity contribution in [1.29, 1.82) is 0 Å². The van der Waals surface area contributed by atoms with E-state index >= 15 is 0 Å². The van der Waals surface area contributed by atoms with Crippen LogP contribution in [0.2, 0.25) is 0 Å². The molecule has 0 aliphatic rings. The Morgan fingerprint density at radius 2 is 1.00 bits per heavy atom. The molecule has 2 aromatic rings. The van der Waals surface area contributed by atoms with Gasteiger partial charge in [-0.3, -0.25) is 0 Å². The number of nitrogens with zero attached hydrogens (tertiary/aromatic N) is 2. The van der Waals surface area contributed by atoms with Crippen LogP contribution in [0.15, 0.2) is 58.8 Å². The van der Waals surface area contributed by atoms with Crippen LogP contribution in [-0.4, -0.2) is 13.2 Å². The van der Waals surface area contributed by atoms with E-state index < -0.39 is 0 Å². The molecule has 0 aliphatic heterocycles. The van der Waals surface area contributed by atoms with Gasteiger partial charge in [0.1, 0.15) is 11.5 Å². The van der Waals surface area contributed by atoms with Crippen molar-refractivity contribution in [3.8, 4) is 11.5 Å². The zero-order valence-electron chi connectivity index (χ0n) is 11.7. The smallest absolute Gasteiger partial charge is 0.119 e. The first-order valence-electron chi connectivity index (χ1n) is 6.69. The van der Waals surface area contributed by atoms with Crippen LogP contribution in [0.25, 0.3) is 0 Å². The molecule has 0 atom stereocenters. The van der Waals surface area contributed by atoms with Gasteiger partial charge in [0.15, 0.2) is 0 Å². The number of hydrogen-bond acceptors (Lipinski definition) is 4. The molecular weight excluding hydrogens is 252 g/mol. The molecule has 0 heterocycles. The third-order valence-corrected chi connectivity index (χ3v) is 2.58. The van der Waals surface area contributed by atoms with Gasteiger partial charge in [-0.25, -0.2) is 0 Å². The predicted molar refractivity (Wildman–Crippen MR) is 79.4 cm³/mol. The maximum atomic E-state index is 5.37. The van der Waals surface area contributed by atoms with Crippen LogP contribution in [0.5, 0.6) is 11.5 Å². The standard InChI is InChI=1S/C16H18N2O2/c1-3-19-15-9-5-13(6-10-15)17-18-14-7-11-16(12-8-14)20-4-2/h5-12H,3-4H2,1-2H3/b18-17+. The lowest BCUT2D eigenvalue weighted by atomic mass is 10.3. The second-order valence-corrected chi connectivity index (χ2v) is 4.05. The third-order valence-electron chi connectivity index (χ3n) is 2.58. The minimum atomic E-state index is 0.660. The van der Waals surface area contributed by atoms with Crippen LogP contribution in [0, 0.1) is 0 Å². The van der Waals surface area contributed by atoms with Gasteiger partial charge in [0.25, 0.3) is 0 Å². The van der Waals surface area contributed by atoms with E-state index in [2.05, 4.69) is 10.2 Å². The second kappa shape index (κ2) is 7.28. The van der Waals surface area contributed by atoms with Crippen LogP contribution in [0.1, 0.15) is 13.8 Å². The van der Waals surface area contributed by atoms with E-state index in [1.54, 1.807) is 0 Å². The van der Waals surface area contributed by atoms with Crippen molar-refractivity contribution in [2.45, 2.75) is 13.8 Å². The van der Waals surface area contributed by atoms with E-state index in [1.165, 1.54) is 0 Å². The molecular formula is C16H18N2O2. The highest BCUT2D eigenvalue weighted by Crippen LogP contribution is 2.22. The highest BCUT2D eigenvalue weighted by Gasteiger charge is 1.95. The summed E-state index contributed by atoms with van der Waals surface area (Å²) in [5.74, 6) is 1.68. The first kappa shape index (κ1) is 14.1. The molecule has 2 rings (SSSR count). The zero-order chi connectivity index (χ0) is 14.2. The van der Waals surface area contributed by atoms with Gasteiger partial charge in [-0.2, -0.15) is 10.2 Å². The van der Waals surface area contributed by atoms with Gasteiger partial charge in [0.05, 0.1) is 24.6 Å². The molecule has 0 aromatic heterocycles. The molecule has 4 heteroatoms. The SMILES string of the molecule is CCOc1ccc(/N=N/c2ccc(OCC)cc2)cc1. The summed E-state index contributed by atoms with van der Waals surface area (Å²) in [5.41, 5.74) is 1.59. The molecule has 0 unspecified atom stereocenters. The number of benzene rings is 2. The summed E-state index contributed by atoms with van der Waals surface area (Å²) in [7, 11) is 0. The van der Waals surface area contributed by atoms with Crippen LogP contribution < -0.4 is 9.47 Å². The maximum absolute atomic E-state index is 5.37. The van der Waals surface area contributed by atoms with Crippen LogP contribution in [0.4, 0.5) is 11.4 Å². The number of ether oxygens (including phenoxy) is 2. The third kappa shape index (κ3) is 4.09. The largest absolute Gasteiger partial charge is 0.494 e. The Bertz CT molecular complexity index is 496. The fraction of sp³-hybridized carbons (Fsp3) is 0.250. The lowest BCUT2D eigenvalue weighted by molar-refractivity contribution is 0.340. The van der Waals surface area contributed by atoms with Gasteiger partial charge < -0.3 is 9.47 Å². The van der Waals surface area contributed by atoms with E-state index in [0.717, 1.165) is 22.9 Å². The molecule has 0 saturated heterocycles. The van der Waals surface area contributed by atoms with Crippen LogP contribution in [-0.2, 0) is 0 Å².